The molecule has 71 heavy (non-hydrogen) atoms. The molecule has 1 N–H and O–H groups in total. The zero-order valence-corrected chi connectivity index (χ0v) is 39.3. The number of anilines is 5. The third kappa shape index (κ3) is 7.89. The van der Waals surface area contributed by atoms with Crippen LogP contribution in [0.1, 0.15) is 0 Å². The van der Waals surface area contributed by atoms with Gasteiger partial charge in [0, 0.05) is 76.5 Å². The van der Waals surface area contributed by atoms with Crippen molar-refractivity contribution in [3.63, 3.8) is 0 Å². The number of benzene rings is 11. The van der Waals surface area contributed by atoms with Crippen LogP contribution in [0.4, 0.5) is 28.4 Å². The Hall–Kier alpha value is -9.03. The lowest BCUT2D eigenvalue weighted by atomic mass is 10.0. The molecule has 0 atom stereocenters. The normalized spacial score (nSPS) is 11.4. The van der Waals surface area contributed by atoms with Crippen LogP contribution in [0.25, 0.3) is 88.4 Å². The number of hydrogen-bond donors (Lipinski definition) is 1. The first-order valence-corrected chi connectivity index (χ1v) is 24.7. The Bertz CT molecular complexity index is 3870. The summed E-state index contributed by atoms with van der Waals surface area (Å²) in [4.78, 5) is 4.68. The van der Waals surface area contributed by atoms with Crippen molar-refractivity contribution < 1.29 is 8.83 Å². The van der Waals surface area contributed by atoms with Gasteiger partial charge in [0.1, 0.15) is 22.3 Å². The molecule has 11 aromatic carbocycles. The van der Waals surface area contributed by atoms with Gasteiger partial charge in [0.15, 0.2) is 0 Å². The van der Waals surface area contributed by atoms with Crippen molar-refractivity contribution in [2.75, 3.05) is 10.2 Å². The summed E-state index contributed by atoms with van der Waals surface area (Å²) < 4.78 is 12.9. The third-order valence-corrected chi connectivity index (χ3v) is 14.5. The minimum Gasteiger partial charge on any atom is -0.455 e. The molecule has 0 fully saturated rings. The van der Waals surface area contributed by atoms with E-state index >= 15 is 0 Å². The van der Waals surface area contributed by atoms with Crippen LogP contribution >= 0.6 is 11.8 Å². The van der Waals surface area contributed by atoms with Crippen LogP contribution in [-0.4, -0.2) is 0 Å². The molecule has 0 aliphatic rings. The Kier molecular flexibility index (Phi) is 10.8. The Morgan fingerprint density at radius 3 is 1.30 bits per heavy atom. The molecule has 0 bridgehead atoms. The average Bonchev–Trinajstić information content (AvgIpc) is 4.02. The number of nitrogens with one attached hydrogen (secondary N) is 1. The van der Waals surface area contributed by atoms with E-state index in [1.165, 1.54) is 20.9 Å². The summed E-state index contributed by atoms with van der Waals surface area (Å²) in [7, 11) is 0. The molecule has 0 spiro atoms. The van der Waals surface area contributed by atoms with Crippen LogP contribution < -0.4 is 10.2 Å². The summed E-state index contributed by atoms with van der Waals surface area (Å²) in [6, 6.07) is 92.3. The number of nitrogens with zero attached hydrogens (tertiary/aromatic N) is 1. The average molecular weight is 929 g/mol. The van der Waals surface area contributed by atoms with E-state index < -0.39 is 0 Å². The van der Waals surface area contributed by atoms with Gasteiger partial charge in [0.25, 0.3) is 0 Å². The molecule has 0 amide bonds. The van der Waals surface area contributed by atoms with Gasteiger partial charge in [0.05, 0.1) is 0 Å². The van der Waals surface area contributed by atoms with Crippen LogP contribution in [0.3, 0.4) is 0 Å². The van der Waals surface area contributed by atoms with Crippen molar-refractivity contribution in [3.8, 4) is 44.5 Å². The van der Waals surface area contributed by atoms with Gasteiger partial charge in [-0.1, -0.05) is 194 Å². The molecular formula is C66H44N2O2S. The van der Waals surface area contributed by atoms with Gasteiger partial charge < -0.3 is 19.1 Å². The van der Waals surface area contributed by atoms with Gasteiger partial charge in [-0.25, -0.2) is 0 Å². The summed E-state index contributed by atoms with van der Waals surface area (Å²) >= 11 is 1.80. The first-order valence-electron chi connectivity index (χ1n) is 23.9. The standard InChI is InChI=1S/C66H44N2O2S/c1-3-16-47(17-4-1)64-59(67-48-18-5-2-6-19-48)27-15-31-63(64)71-62-30-12-9-20-52(62)44-32-38-49(39-33-44)68(50-40-34-45(35-41-50)53-23-13-25-57-55-21-7-10-28-60(55)69-65(53)57)51-42-36-46(37-43-51)54-24-14-26-58-56-22-8-11-29-61(56)70-66(54)58/h1-43,67H. The maximum Gasteiger partial charge on any atom is 0.143 e. The predicted molar refractivity (Wildman–Crippen MR) is 298 cm³/mol. The molecule has 13 aromatic rings. The van der Waals surface area contributed by atoms with E-state index in [4.69, 9.17) is 8.83 Å². The number of para-hydroxylation sites is 5. The molecular weight excluding hydrogens is 885 g/mol. The van der Waals surface area contributed by atoms with Gasteiger partial charge in [-0.15, -0.1) is 0 Å². The van der Waals surface area contributed by atoms with Gasteiger partial charge >= 0.3 is 0 Å². The number of hydrogen-bond acceptors (Lipinski definition) is 5. The Morgan fingerprint density at radius 2 is 0.732 bits per heavy atom. The highest BCUT2D eigenvalue weighted by molar-refractivity contribution is 7.99. The second-order valence-corrected chi connectivity index (χ2v) is 18.8. The Balaban J connectivity index is 0.871. The molecule has 0 aliphatic heterocycles. The van der Waals surface area contributed by atoms with Crippen molar-refractivity contribution in [3.05, 3.63) is 261 Å². The highest BCUT2D eigenvalue weighted by Crippen LogP contribution is 2.46. The van der Waals surface area contributed by atoms with Crippen LogP contribution in [0.5, 0.6) is 0 Å². The van der Waals surface area contributed by atoms with Crippen LogP contribution in [0.2, 0.25) is 0 Å². The van der Waals surface area contributed by atoms with E-state index in [-0.39, 0.29) is 0 Å². The van der Waals surface area contributed by atoms with Crippen molar-refractivity contribution in [1.29, 1.82) is 0 Å². The molecule has 0 saturated heterocycles. The third-order valence-electron chi connectivity index (χ3n) is 13.4. The number of fused-ring (bicyclic) bond motifs is 6. The molecule has 336 valence electrons. The van der Waals surface area contributed by atoms with E-state index in [0.29, 0.717) is 0 Å². The monoisotopic (exact) mass is 928 g/mol. The fourth-order valence-electron chi connectivity index (χ4n) is 9.98. The summed E-state index contributed by atoms with van der Waals surface area (Å²) in [5.74, 6) is 0. The summed E-state index contributed by atoms with van der Waals surface area (Å²) in [5, 5.41) is 8.19. The molecule has 13 rings (SSSR count). The highest BCUT2D eigenvalue weighted by Gasteiger charge is 2.19. The van der Waals surface area contributed by atoms with E-state index in [1.54, 1.807) is 11.8 Å². The SMILES string of the molecule is c1ccc(Nc2cccc(Sc3ccccc3-c3ccc(N(c4ccc(-c5cccc6c5oc5ccccc56)cc4)c4ccc(-c5cccc6c5oc5ccccc56)cc4)cc3)c2-c2ccccc2)cc1. The van der Waals surface area contributed by atoms with Gasteiger partial charge in [-0.05, 0) is 107 Å². The second kappa shape index (κ2) is 18.1. The highest BCUT2D eigenvalue weighted by atomic mass is 32.2. The first-order chi connectivity index (χ1) is 35.2. The van der Waals surface area contributed by atoms with E-state index in [0.717, 1.165) is 106 Å². The quantitative estimate of drug-likeness (QED) is 0.140. The molecule has 2 heterocycles. The lowest BCUT2D eigenvalue weighted by molar-refractivity contribution is 0.669. The summed E-state index contributed by atoms with van der Waals surface area (Å²) in [5.41, 5.74) is 17.8. The molecule has 0 aliphatic carbocycles. The minimum absolute atomic E-state index is 0.893. The maximum atomic E-state index is 6.47. The fourth-order valence-corrected chi connectivity index (χ4v) is 11.1. The fraction of sp³-hybridized carbons (Fsp3) is 0. The Labute approximate surface area is 416 Å². The summed E-state index contributed by atoms with van der Waals surface area (Å²) in [6.07, 6.45) is 0. The zero-order chi connectivity index (χ0) is 47.1. The summed E-state index contributed by atoms with van der Waals surface area (Å²) in [6.45, 7) is 0. The minimum atomic E-state index is 0.893. The largest absolute Gasteiger partial charge is 0.455 e. The van der Waals surface area contributed by atoms with Crippen molar-refractivity contribution in [2.24, 2.45) is 0 Å². The van der Waals surface area contributed by atoms with Crippen LogP contribution in [-0.2, 0) is 0 Å². The molecule has 4 nitrogen and oxygen atoms in total. The zero-order valence-electron chi connectivity index (χ0n) is 38.5. The topological polar surface area (TPSA) is 41.5 Å². The Morgan fingerprint density at radius 1 is 0.310 bits per heavy atom. The predicted octanol–water partition coefficient (Wildman–Crippen LogP) is 19.5. The maximum absolute atomic E-state index is 6.47. The van der Waals surface area contributed by atoms with Crippen molar-refractivity contribution >= 4 is 84.1 Å². The van der Waals surface area contributed by atoms with Crippen molar-refractivity contribution in [2.45, 2.75) is 9.79 Å². The molecule has 0 radical (unpaired) electrons. The van der Waals surface area contributed by atoms with Crippen molar-refractivity contribution in [1.82, 2.24) is 0 Å². The van der Waals surface area contributed by atoms with Gasteiger partial charge in [-0.3, -0.25) is 0 Å². The second-order valence-electron chi connectivity index (χ2n) is 17.7. The lowest BCUT2D eigenvalue weighted by Gasteiger charge is -2.26. The molecule has 0 saturated carbocycles. The molecule has 5 heteroatoms. The molecule has 0 unspecified atom stereocenters. The van der Waals surface area contributed by atoms with E-state index in [1.807, 2.05) is 30.3 Å². The number of rotatable bonds is 11. The van der Waals surface area contributed by atoms with Crippen LogP contribution in [0, 0.1) is 0 Å². The first kappa shape index (κ1) is 42.1. The lowest BCUT2D eigenvalue weighted by Crippen LogP contribution is -2.09. The van der Waals surface area contributed by atoms with Gasteiger partial charge in [-0.2, -0.15) is 0 Å². The van der Waals surface area contributed by atoms with Crippen LogP contribution in [0.15, 0.2) is 279 Å². The molecule has 2 aromatic heterocycles. The van der Waals surface area contributed by atoms with E-state index in [9.17, 15) is 0 Å². The smallest absolute Gasteiger partial charge is 0.143 e. The van der Waals surface area contributed by atoms with E-state index in [2.05, 4.69) is 241 Å². The van der Waals surface area contributed by atoms with Gasteiger partial charge in [0.2, 0.25) is 0 Å². The number of furan rings is 2.